The van der Waals surface area contributed by atoms with Gasteiger partial charge in [-0.3, -0.25) is 37.3 Å². The number of phosphoric ester groups is 2. The fraction of sp³-hybridized carbons (Fsp3) is 0.954. The van der Waals surface area contributed by atoms with Gasteiger partial charge in [0.2, 0.25) is 0 Å². The molecule has 0 aromatic carbocycles. The minimum atomic E-state index is -4.97. The van der Waals surface area contributed by atoms with E-state index in [1.54, 1.807) is 0 Å². The van der Waals surface area contributed by atoms with Gasteiger partial charge in [0.15, 0.2) is 12.2 Å². The highest BCUT2D eigenvalue weighted by Gasteiger charge is 2.31. The molecule has 0 saturated carbocycles. The largest absolute Gasteiger partial charge is 0.472 e. The minimum absolute atomic E-state index is 0.107. The van der Waals surface area contributed by atoms with Crippen LogP contribution in [0.25, 0.3) is 0 Å². The average molecular weight is 1550 g/mol. The van der Waals surface area contributed by atoms with E-state index < -0.39 is 97.5 Å². The zero-order valence-electron chi connectivity index (χ0n) is 69.9. The van der Waals surface area contributed by atoms with Crippen molar-refractivity contribution in [1.29, 1.82) is 0 Å². The lowest BCUT2D eigenvalue weighted by atomic mass is 9.99. The van der Waals surface area contributed by atoms with Crippen molar-refractivity contribution in [3.05, 3.63) is 0 Å². The number of hydrogen-bond donors (Lipinski definition) is 3. The van der Waals surface area contributed by atoms with Crippen LogP contribution in [0.4, 0.5) is 0 Å². The first kappa shape index (κ1) is 104. The second kappa shape index (κ2) is 77.0. The fourth-order valence-corrected chi connectivity index (χ4v) is 15.1. The Morgan fingerprint density at radius 2 is 0.481 bits per heavy atom. The Bertz CT molecular complexity index is 2050. The van der Waals surface area contributed by atoms with Crippen LogP contribution in [0.5, 0.6) is 0 Å². The molecule has 0 aliphatic heterocycles. The predicted molar refractivity (Wildman–Crippen MR) is 437 cm³/mol. The number of carbonyl (C=O) groups is 4. The van der Waals surface area contributed by atoms with Crippen molar-refractivity contribution in [2.45, 2.75) is 478 Å². The topological polar surface area (TPSA) is 237 Å². The summed E-state index contributed by atoms with van der Waals surface area (Å²) in [6.45, 7) is 12.0. The van der Waals surface area contributed by atoms with Gasteiger partial charge in [0.25, 0.3) is 0 Å². The number of aliphatic hydroxyl groups is 1. The zero-order chi connectivity index (χ0) is 77.9. The molecule has 0 bridgehead atoms. The molecule has 0 rings (SSSR count). The zero-order valence-corrected chi connectivity index (χ0v) is 71.7. The summed E-state index contributed by atoms with van der Waals surface area (Å²) in [6.07, 6.45) is 68.0. The van der Waals surface area contributed by atoms with Crippen molar-refractivity contribution in [3.8, 4) is 0 Å². The van der Waals surface area contributed by atoms with Crippen LogP contribution in [-0.2, 0) is 65.4 Å². The summed E-state index contributed by atoms with van der Waals surface area (Å²) in [4.78, 5) is 73.3. The molecule has 0 aliphatic carbocycles. The van der Waals surface area contributed by atoms with Gasteiger partial charge in [-0.1, -0.05) is 408 Å². The summed E-state index contributed by atoms with van der Waals surface area (Å²) < 4.78 is 69.0. The molecule has 0 heterocycles. The second-order valence-corrected chi connectivity index (χ2v) is 35.4. The van der Waals surface area contributed by atoms with Gasteiger partial charge in [-0.05, 0) is 43.4 Å². The van der Waals surface area contributed by atoms with Gasteiger partial charge in [-0.15, -0.1) is 0 Å². The number of hydrogen-bond acceptors (Lipinski definition) is 15. The first-order chi connectivity index (χ1) is 51.3. The molecule has 3 unspecified atom stereocenters. The van der Waals surface area contributed by atoms with Gasteiger partial charge in [0.05, 0.1) is 26.4 Å². The molecule has 0 aromatic heterocycles. The summed E-state index contributed by atoms with van der Waals surface area (Å²) in [7, 11) is -9.93. The standard InChI is InChI=1S/C87H170O17P2/c1-8-10-11-12-13-14-15-16-17-18-19-20-21-22-23-30-35-40-49-56-63-70-86(91)103-82(74-97-84(89)68-61-54-47-39-34-29-25-24-27-32-37-44-51-58-65-78(3)4)76-101-105(93,94)99-72-81(88)73-100-106(95,96)102-77-83(75-98-85(90)69-62-55-48-43-42-46-53-60-67-80(7)9-2)104-87(92)71-64-57-50-41-36-31-26-28-33-38-45-52-59-66-79(5)6/h78-83,88H,8-77H2,1-7H3,(H,93,94)(H,95,96)/t80?,81-,82-,83-/m1/s1. The second-order valence-electron chi connectivity index (χ2n) is 32.5. The molecule has 6 atom stereocenters. The lowest BCUT2D eigenvalue weighted by Gasteiger charge is -2.21. The summed E-state index contributed by atoms with van der Waals surface area (Å²) >= 11 is 0. The first-order valence-corrected chi connectivity index (χ1v) is 47.9. The number of phosphoric acid groups is 2. The van der Waals surface area contributed by atoms with E-state index in [4.69, 9.17) is 37.0 Å². The Morgan fingerprint density at radius 3 is 0.717 bits per heavy atom. The number of rotatable bonds is 85. The van der Waals surface area contributed by atoms with Crippen LogP contribution in [0.1, 0.15) is 459 Å². The molecule has 0 fully saturated rings. The quantitative estimate of drug-likeness (QED) is 0.0222. The van der Waals surface area contributed by atoms with E-state index in [0.717, 1.165) is 108 Å². The Hall–Kier alpha value is -1.94. The SMILES string of the molecule is CCCCCCCCCCCCCCCCCCCCCCCC(=O)O[C@H](COC(=O)CCCCCCCCCCCCCCCCC(C)C)COP(=O)(O)OC[C@@H](O)COP(=O)(O)OC[C@@H](COC(=O)CCCCCCCCCCC(C)CC)OC(=O)CCCCCCCCCCCCCCCC(C)C. The van der Waals surface area contributed by atoms with Crippen LogP contribution in [0.2, 0.25) is 0 Å². The molecule has 0 saturated heterocycles. The molecule has 19 heteroatoms. The van der Waals surface area contributed by atoms with Gasteiger partial charge < -0.3 is 33.8 Å². The molecule has 0 spiro atoms. The maximum Gasteiger partial charge on any atom is 0.472 e. The molecule has 0 aliphatic rings. The molecular weight excluding hydrogens is 1380 g/mol. The van der Waals surface area contributed by atoms with E-state index in [1.165, 1.54) is 270 Å². The highest BCUT2D eigenvalue weighted by atomic mass is 31.2. The summed E-state index contributed by atoms with van der Waals surface area (Å²) in [5, 5.41) is 10.7. The summed E-state index contributed by atoms with van der Waals surface area (Å²) in [5.41, 5.74) is 0. The van der Waals surface area contributed by atoms with E-state index in [1.807, 2.05) is 0 Å². The molecule has 0 aromatic rings. The van der Waals surface area contributed by atoms with Crippen LogP contribution in [0.3, 0.4) is 0 Å². The van der Waals surface area contributed by atoms with Crippen LogP contribution < -0.4 is 0 Å². The molecule has 630 valence electrons. The maximum absolute atomic E-state index is 13.2. The van der Waals surface area contributed by atoms with Crippen LogP contribution in [-0.4, -0.2) is 96.7 Å². The monoisotopic (exact) mass is 1550 g/mol. The number of ether oxygens (including phenoxy) is 4. The van der Waals surface area contributed by atoms with E-state index in [-0.39, 0.29) is 25.7 Å². The summed E-state index contributed by atoms with van der Waals surface area (Å²) in [6, 6.07) is 0. The van der Waals surface area contributed by atoms with Crippen molar-refractivity contribution in [2.75, 3.05) is 39.6 Å². The summed E-state index contributed by atoms with van der Waals surface area (Å²) in [5.74, 6) is 0.260. The van der Waals surface area contributed by atoms with Gasteiger partial charge >= 0.3 is 39.5 Å². The Balaban J connectivity index is 5.26. The number of carbonyl (C=O) groups excluding carboxylic acids is 4. The molecule has 0 radical (unpaired) electrons. The number of aliphatic hydroxyl groups excluding tert-OH is 1. The lowest BCUT2D eigenvalue weighted by Crippen LogP contribution is -2.30. The van der Waals surface area contributed by atoms with Gasteiger partial charge in [-0.2, -0.15) is 0 Å². The Kier molecular flexibility index (Phi) is 75.6. The third kappa shape index (κ3) is 78.7. The van der Waals surface area contributed by atoms with Gasteiger partial charge in [0.1, 0.15) is 19.3 Å². The average Bonchev–Trinajstić information content (AvgIpc) is 0.922. The Morgan fingerprint density at radius 1 is 0.274 bits per heavy atom. The smallest absolute Gasteiger partial charge is 0.462 e. The molecule has 106 heavy (non-hydrogen) atoms. The van der Waals surface area contributed by atoms with E-state index >= 15 is 0 Å². The number of esters is 4. The van der Waals surface area contributed by atoms with Gasteiger partial charge in [0, 0.05) is 25.7 Å². The van der Waals surface area contributed by atoms with Crippen molar-refractivity contribution < 1.29 is 80.2 Å². The van der Waals surface area contributed by atoms with Crippen molar-refractivity contribution in [3.63, 3.8) is 0 Å². The third-order valence-electron chi connectivity index (χ3n) is 20.7. The normalized spacial score (nSPS) is 14.1. The molecule has 17 nitrogen and oxygen atoms in total. The maximum atomic E-state index is 13.2. The predicted octanol–water partition coefficient (Wildman–Crippen LogP) is 26.5. The van der Waals surface area contributed by atoms with Crippen molar-refractivity contribution in [2.24, 2.45) is 17.8 Å². The molecule has 0 amide bonds. The lowest BCUT2D eigenvalue weighted by molar-refractivity contribution is -0.161. The Labute approximate surface area is 651 Å². The molecule has 3 N–H and O–H groups in total. The van der Waals surface area contributed by atoms with E-state index in [2.05, 4.69) is 48.5 Å². The van der Waals surface area contributed by atoms with Crippen molar-refractivity contribution in [1.82, 2.24) is 0 Å². The first-order valence-electron chi connectivity index (χ1n) is 44.9. The van der Waals surface area contributed by atoms with Crippen LogP contribution >= 0.6 is 15.6 Å². The number of unbranched alkanes of at least 4 members (excludes halogenated alkanes) is 52. The minimum Gasteiger partial charge on any atom is -0.462 e. The third-order valence-corrected chi connectivity index (χ3v) is 22.6. The van der Waals surface area contributed by atoms with Crippen molar-refractivity contribution >= 4 is 39.5 Å². The van der Waals surface area contributed by atoms with E-state index in [9.17, 15) is 43.2 Å². The van der Waals surface area contributed by atoms with Crippen LogP contribution in [0, 0.1) is 17.8 Å². The highest BCUT2D eigenvalue weighted by Crippen LogP contribution is 2.45. The van der Waals surface area contributed by atoms with E-state index in [0.29, 0.717) is 25.7 Å². The van der Waals surface area contributed by atoms with Crippen LogP contribution in [0.15, 0.2) is 0 Å². The fourth-order valence-electron chi connectivity index (χ4n) is 13.5. The van der Waals surface area contributed by atoms with Gasteiger partial charge in [-0.25, -0.2) is 9.13 Å². The molecular formula is C87H170O17P2. The highest BCUT2D eigenvalue weighted by molar-refractivity contribution is 7.47.